The molecule has 0 radical (unpaired) electrons. The predicted molar refractivity (Wildman–Crippen MR) is 91.2 cm³/mol. The first kappa shape index (κ1) is 15.2. The molecule has 0 unspecified atom stereocenters. The fourth-order valence-corrected chi connectivity index (χ4v) is 3.00. The number of benzene rings is 2. The highest BCUT2D eigenvalue weighted by Gasteiger charge is 2.19. The average Bonchev–Trinajstić information content (AvgIpc) is 2.59. The molecule has 1 aliphatic heterocycles. The number of anilines is 2. The van der Waals surface area contributed by atoms with E-state index in [-0.39, 0.29) is 0 Å². The van der Waals surface area contributed by atoms with E-state index in [2.05, 4.69) is 34.5 Å². The maximum atomic E-state index is 10.8. The number of carbonyl (C=O) groups is 1. The Hall–Kier alpha value is -2.69. The van der Waals surface area contributed by atoms with Crippen LogP contribution in [-0.2, 0) is 13.0 Å². The van der Waals surface area contributed by atoms with Gasteiger partial charge in [-0.25, -0.2) is 4.79 Å². The van der Waals surface area contributed by atoms with E-state index in [1.807, 2.05) is 18.2 Å². The minimum absolute atomic E-state index is 0.460. The van der Waals surface area contributed by atoms with Gasteiger partial charge in [-0.15, -0.1) is 0 Å². The molecule has 120 valence electrons. The molecule has 5 heteroatoms. The van der Waals surface area contributed by atoms with Gasteiger partial charge in [-0.2, -0.15) is 0 Å². The third-order valence-electron chi connectivity index (χ3n) is 4.09. The van der Waals surface area contributed by atoms with Crippen molar-refractivity contribution >= 4 is 17.4 Å². The van der Waals surface area contributed by atoms with E-state index in [4.69, 9.17) is 10.5 Å². The number of carbonyl (C=O) groups excluding carboxylic acids is 1. The van der Waals surface area contributed by atoms with Gasteiger partial charge in [-0.1, -0.05) is 18.2 Å². The van der Waals surface area contributed by atoms with Gasteiger partial charge in [0.1, 0.15) is 5.75 Å². The van der Waals surface area contributed by atoms with Gasteiger partial charge in [-0.05, 0) is 42.2 Å². The summed E-state index contributed by atoms with van der Waals surface area (Å²) < 4.78 is 5.33. The zero-order valence-electron chi connectivity index (χ0n) is 13.2. The Morgan fingerprint density at radius 3 is 2.96 bits per heavy atom. The van der Waals surface area contributed by atoms with Gasteiger partial charge in [-0.3, -0.25) is 0 Å². The molecule has 3 N–H and O–H groups in total. The van der Waals surface area contributed by atoms with Crippen molar-refractivity contribution in [2.45, 2.75) is 19.4 Å². The topological polar surface area (TPSA) is 67.6 Å². The number of ether oxygens (including phenoxy) is 1. The number of nitrogens with two attached hydrogens (primary N) is 1. The molecule has 0 aliphatic carbocycles. The molecule has 1 heterocycles. The molecule has 0 fully saturated rings. The van der Waals surface area contributed by atoms with Crippen molar-refractivity contribution in [3.63, 3.8) is 0 Å². The SMILES string of the molecule is COc1cccc(N2CCCc3cc(CNC(N)=O)ccc32)c1. The van der Waals surface area contributed by atoms with E-state index in [0.717, 1.165) is 36.4 Å². The summed E-state index contributed by atoms with van der Waals surface area (Å²) >= 11 is 0. The molecule has 0 saturated heterocycles. The summed E-state index contributed by atoms with van der Waals surface area (Å²) in [7, 11) is 1.68. The third kappa shape index (κ3) is 3.39. The second kappa shape index (κ2) is 6.60. The predicted octanol–water partition coefficient (Wildman–Crippen LogP) is 2.95. The molecule has 2 aromatic carbocycles. The number of hydrogen-bond donors (Lipinski definition) is 2. The van der Waals surface area contributed by atoms with E-state index in [0.29, 0.717) is 6.54 Å². The van der Waals surface area contributed by atoms with Crippen molar-refractivity contribution < 1.29 is 9.53 Å². The zero-order chi connectivity index (χ0) is 16.2. The van der Waals surface area contributed by atoms with E-state index < -0.39 is 6.03 Å². The quantitative estimate of drug-likeness (QED) is 0.912. The lowest BCUT2D eigenvalue weighted by atomic mass is 9.98. The number of fused-ring (bicyclic) bond motifs is 1. The van der Waals surface area contributed by atoms with E-state index in [1.165, 1.54) is 11.3 Å². The molecule has 0 bridgehead atoms. The minimum atomic E-state index is -0.499. The maximum absolute atomic E-state index is 10.8. The Kier molecular flexibility index (Phi) is 4.37. The third-order valence-corrected chi connectivity index (χ3v) is 4.09. The fourth-order valence-electron chi connectivity index (χ4n) is 3.00. The van der Waals surface area contributed by atoms with Crippen LogP contribution in [0.25, 0.3) is 0 Å². The molecule has 3 rings (SSSR count). The van der Waals surface area contributed by atoms with Crippen molar-refractivity contribution in [1.82, 2.24) is 5.32 Å². The Bertz CT molecular complexity index is 715. The molecular formula is C18H21N3O2. The van der Waals surface area contributed by atoms with E-state index >= 15 is 0 Å². The first-order valence-electron chi connectivity index (χ1n) is 7.74. The first-order valence-corrected chi connectivity index (χ1v) is 7.74. The van der Waals surface area contributed by atoms with Crippen LogP contribution in [0.15, 0.2) is 42.5 Å². The second-order valence-corrected chi connectivity index (χ2v) is 5.64. The molecular weight excluding hydrogens is 290 g/mol. The maximum Gasteiger partial charge on any atom is 0.312 e. The van der Waals surface area contributed by atoms with Crippen LogP contribution in [-0.4, -0.2) is 19.7 Å². The molecule has 0 aromatic heterocycles. The molecule has 2 aromatic rings. The smallest absolute Gasteiger partial charge is 0.312 e. The largest absolute Gasteiger partial charge is 0.497 e. The normalized spacial score (nSPS) is 13.3. The molecule has 0 atom stereocenters. The summed E-state index contributed by atoms with van der Waals surface area (Å²) in [6.07, 6.45) is 2.14. The van der Waals surface area contributed by atoms with Crippen LogP contribution in [0, 0.1) is 0 Å². The highest BCUT2D eigenvalue weighted by Crippen LogP contribution is 2.35. The molecule has 23 heavy (non-hydrogen) atoms. The van der Waals surface area contributed by atoms with Crippen molar-refractivity contribution in [2.75, 3.05) is 18.6 Å². The summed E-state index contributed by atoms with van der Waals surface area (Å²) in [5.74, 6) is 0.858. The molecule has 5 nitrogen and oxygen atoms in total. The van der Waals surface area contributed by atoms with Gasteiger partial charge < -0.3 is 20.7 Å². The Morgan fingerprint density at radius 1 is 1.30 bits per heavy atom. The van der Waals surface area contributed by atoms with Gasteiger partial charge in [0.25, 0.3) is 0 Å². The number of amides is 2. The zero-order valence-corrected chi connectivity index (χ0v) is 13.2. The Morgan fingerprint density at radius 2 is 2.17 bits per heavy atom. The standard InChI is InChI=1S/C18H21N3O2/c1-23-16-6-2-5-15(11-16)21-9-3-4-14-10-13(7-8-17(14)21)12-20-18(19)22/h2,5-8,10-11H,3-4,9,12H2,1H3,(H3,19,20,22). The average molecular weight is 311 g/mol. The van der Waals surface area contributed by atoms with Crippen molar-refractivity contribution in [1.29, 1.82) is 0 Å². The van der Waals surface area contributed by atoms with Crippen LogP contribution < -0.4 is 20.7 Å². The van der Waals surface area contributed by atoms with Gasteiger partial charge in [0.15, 0.2) is 0 Å². The number of nitrogens with one attached hydrogen (secondary N) is 1. The van der Waals surface area contributed by atoms with Crippen LogP contribution >= 0.6 is 0 Å². The Labute approximate surface area is 136 Å². The Balaban J connectivity index is 1.88. The molecule has 0 spiro atoms. The number of primary amides is 1. The lowest BCUT2D eigenvalue weighted by Gasteiger charge is -2.32. The monoisotopic (exact) mass is 311 g/mol. The van der Waals surface area contributed by atoms with Gasteiger partial charge >= 0.3 is 6.03 Å². The van der Waals surface area contributed by atoms with Crippen LogP contribution in [0.3, 0.4) is 0 Å². The number of hydrogen-bond acceptors (Lipinski definition) is 3. The van der Waals surface area contributed by atoms with Crippen molar-refractivity contribution in [2.24, 2.45) is 5.73 Å². The van der Waals surface area contributed by atoms with E-state index in [1.54, 1.807) is 7.11 Å². The fraction of sp³-hybridized carbons (Fsp3) is 0.278. The van der Waals surface area contributed by atoms with Crippen molar-refractivity contribution in [3.05, 3.63) is 53.6 Å². The highest BCUT2D eigenvalue weighted by atomic mass is 16.5. The first-order chi connectivity index (χ1) is 11.2. The number of rotatable bonds is 4. The summed E-state index contributed by atoms with van der Waals surface area (Å²) in [6, 6.07) is 13.9. The van der Waals surface area contributed by atoms with Gasteiger partial charge in [0.2, 0.25) is 0 Å². The second-order valence-electron chi connectivity index (χ2n) is 5.64. The van der Waals surface area contributed by atoms with Gasteiger partial charge in [0, 0.05) is 30.5 Å². The van der Waals surface area contributed by atoms with Gasteiger partial charge in [0.05, 0.1) is 7.11 Å². The summed E-state index contributed by atoms with van der Waals surface area (Å²) in [6.45, 7) is 1.45. The highest BCUT2D eigenvalue weighted by molar-refractivity contribution is 5.72. The van der Waals surface area contributed by atoms with Crippen LogP contribution in [0.2, 0.25) is 0 Å². The summed E-state index contributed by atoms with van der Waals surface area (Å²) in [5, 5.41) is 2.64. The van der Waals surface area contributed by atoms with Crippen LogP contribution in [0.1, 0.15) is 17.5 Å². The summed E-state index contributed by atoms with van der Waals surface area (Å²) in [4.78, 5) is 13.2. The number of aryl methyl sites for hydroxylation is 1. The summed E-state index contributed by atoms with van der Waals surface area (Å²) in [5.41, 5.74) is 9.84. The minimum Gasteiger partial charge on any atom is -0.497 e. The van der Waals surface area contributed by atoms with Crippen LogP contribution in [0.4, 0.5) is 16.2 Å². The molecule has 0 saturated carbocycles. The molecule has 1 aliphatic rings. The number of urea groups is 1. The lowest BCUT2D eigenvalue weighted by Crippen LogP contribution is -2.29. The van der Waals surface area contributed by atoms with Crippen molar-refractivity contribution in [3.8, 4) is 5.75 Å². The molecule has 2 amide bonds. The van der Waals surface area contributed by atoms with E-state index in [9.17, 15) is 4.79 Å². The van der Waals surface area contributed by atoms with Crippen LogP contribution in [0.5, 0.6) is 5.75 Å². The number of methoxy groups -OCH3 is 1. The lowest BCUT2D eigenvalue weighted by molar-refractivity contribution is 0.248. The number of nitrogens with zero attached hydrogens (tertiary/aromatic N) is 1.